The van der Waals surface area contributed by atoms with E-state index in [2.05, 4.69) is 10.6 Å². The number of carbonyl (C=O) groups excluding carboxylic acids is 2. The molecule has 1 unspecified atom stereocenters. The number of nitrogens with zero attached hydrogens (tertiary/aromatic N) is 1. The minimum Gasteiger partial charge on any atom is -0.497 e. The Kier molecular flexibility index (Phi) is 5.31. The van der Waals surface area contributed by atoms with Crippen LogP contribution in [0, 0.1) is 0 Å². The van der Waals surface area contributed by atoms with Crippen molar-refractivity contribution in [3.05, 3.63) is 18.2 Å². The largest absolute Gasteiger partial charge is 0.497 e. The lowest BCUT2D eigenvalue weighted by molar-refractivity contribution is -0.129. The zero-order valence-electron chi connectivity index (χ0n) is 13.9. The number of rotatable bonds is 5. The molecule has 1 aliphatic heterocycles. The third-order valence-corrected chi connectivity index (χ3v) is 3.77. The summed E-state index contributed by atoms with van der Waals surface area (Å²) in [5, 5.41) is 5.56. The highest BCUT2D eigenvalue weighted by atomic mass is 16.5. The number of methoxy groups -OCH3 is 2. The van der Waals surface area contributed by atoms with Crippen molar-refractivity contribution in [3.8, 4) is 11.5 Å². The van der Waals surface area contributed by atoms with Gasteiger partial charge in [0.05, 0.1) is 25.9 Å². The van der Waals surface area contributed by atoms with Gasteiger partial charge in [-0.05, 0) is 26.0 Å². The van der Waals surface area contributed by atoms with Gasteiger partial charge in [0.2, 0.25) is 5.91 Å². The molecule has 0 saturated carbocycles. The van der Waals surface area contributed by atoms with Crippen LogP contribution in [0.15, 0.2) is 18.2 Å². The summed E-state index contributed by atoms with van der Waals surface area (Å²) in [7, 11) is 3.08. The number of anilines is 1. The van der Waals surface area contributed by atoms with E-state index in [0.29, 0.717) is 30.2 Å². The highest BCUT2D eigenvalue weighted by molar-refractivity contribution is 5.92. The summed E-state index contributed by atoms with van der Waals surface area (Å²) < 4.78 is 10.4. The molecule has 1 heterocycles. The number of benzene rings is 1. The molecule has 7 heteroatoms. The standard InChI is InChI=1S/C16H23N3O4/c1-10(2)19-9-11(7-15(19)20)17-16(21)18-13-6-5-12(22-3)8-14(13)23-4/h5-6,8,10-11H,7,9H2,1-4H3,(H2,17,18,21). The maximum atomic E-state index is 12.1. The maximum Gasteiger partial charge on any atom is 0.319 e. The van der Waals surface area contributed by atoms with Gasteiger partial charge in [-0.2, -0.15) is 0 Å². The van der Waals surface area contributed by atoms with Crippen LogP contribution < -0.4 is 20.1 Å². The molecule has 0 aliphatic carbocycles. The van der Waals surface area contributed by atoms with Gasteiger partial charge in [-0.15, -0.1) is 0 Å². The van der Waals surface area contributed by atoms with Crippen molar-refractivity contribution in [1.82, 2.24) is 10.2 Å². The molecule has 0 spiro atoms. The van der Waals surface area contributed by atoms with Gasteiger partial charge in [-0.1, -0.05) is 0 Å². The van der Waals surface area contributed by atoms with Crippen LogP contribution in [0.3, 0.4) is 0 Å². The molecule has 1 saturated heterocycles. The Morgan fingerprint density at radius 2 is 2.04 bits per heavy atom. The molecule has 2 rings (SSSR count). The van der Waals surface area contributed by atoms with Gasteiger partial charge in [0.15, 0.2) is 0 Å². The number of amides is 3. The smallest absolute Gasteiger partial charge is 0.319 e. The van der Waals surface area contributed by atoms with Gasteiger partial charge in [0.25, 0.3) is 0 Å². The van der Waals surface area contributed by atoms with Crippen LogP contribution in [0.4, 0.5) is 10.5 Å². The van der Waals surface area contributed by atoms with Gasteiger partial charge in [-0.3, -0.25) is 4.79 Å². The fourth-order valence-electron chi connectivity index (χ4n) is 2.57. The molecule has 1 atom stereocenters. The van der Waals surface area contributed by atoms with Crippen LogP contribution in [0.25, 0.3) is 0 Å². The van der Waals surface area contributed by atoms with Crippen LogP contribution in [0.5, 0.6) is 11.5 Å². The monoisotopic (exact) mass is 321 g/mol. The molecule has 126 valence electrons. The average Bonchev–Trinajstić information content (AvgIpc) is 2.88. The number of nitrogens with one attached hydrogen (secondary N) is 2. The third kappa shape index (κ3) is 4.06. The van der Waals surface area contributed by atoms with Gasteiger partial charge in [-0.25, -0.2) is 4.79 Å². The fraction of sp³-hybridized carbons (Fsp3) is 0.500. The highest BCUT2D eigenvalue weighted by Gasteiger charge is 2.32. The van der Waals surface area contributed by atoms with Crippen LogP contribution in [-0.4, -0.2) is 49.7 Å². The van der Waals surface area contributed by atoms with E-state index in [-0.39, 0.29) is 24.0 Å². The quantitative estimate of drug-likeness (QED) is 0.867. The minimum absolute atomic E-state index is 0.0623. The lowest BCUT2D eigenvalue weighted by Crippen LogP contribution is -2.40. The van der Waals surface area contributed by atoms with E-state index in [1.807, 2.05) is 13.8 Å². The van der Waals surface area contributed by atoms with Crippen LogP contribution in [0.2, 0.25) is 0 Å². The minimum atomic E-state index is -0.364. The topological polar surface area (TPSA) is 79.9 Å². The second-order valence-corrected chi connectivity index (χ2v) is 5.71. The Hall–Kier alpha value is -2.44. The Balaban J connectivity index is 1.97. The van der Waals surface area contributed by atoms with Crippen molar-refractivity contribution in [3.63, 3.8) is 0 Å². The molecule has 0 bridgehead atoms. The second-order valence-electron chi connectivity index (χ2n) is 5.71. The molecule has 23 heavy (non-hydrogen) atoms. The molecule has 7 nitrogen and oxygen atoms in total. The normalized spacial score (nSPS) is 17.3. The zero-order valence-corrected chi connectivity index (χ0v) is 13.9. The summed E-state index contributed by atoms with van der Waals surface area (Å²) in [4.78, 5) is 25.8. The van der Waals surface area contributed by atoms with Crippen LogP contribution in [0.1, 0.15) is 20.3 Å². The predicted molar refractivity (Wildman–Crippen MR) is 87.0 cm³/mol. The Morgan fingerprint density at radius 1 is 1.30 bits per heavy atom. The first-order valence-electron chi connectivity index (χ1n) is 7.53. The molecule has 0 radical (unpaired) electrons. The fourth-order valence-corrected chi connectivity index (χ4v) is 2.57. The SMILES string of the molecule is COc1ccc(NC(=O)NC2CC(=O)N(C(C)C)C2)c(OC)c1. The van der Waals surface area contributed by atoms with E-state index in [9.17, 15) is 9.59 Å². The summed E-state index contributed by atoms with van der Waals surface area (Å²) in [5.74, 6) is 1.21. The van der Waals surface area contributed by atoms with Crippen molar-refractivity contribution in [2.24, 2.45) is 0 Å². The summed E-state index contributed by atoms with van der Waals surface area (Å²) in [6.45, 7) is 4.45. The van der Waals surface area contributed by atoms with Gasteiger partial charge >= 0.3 is 6.03 Å². The lowest BCUT2D eigenvalue weighted by atomic mass is 10.2. The second kappa shape index (κ2) is 7.21. The average molecular weight is 321 g/mol. The van der Waals surface area contributed by atoms with Crippen molar-refractivity contribution in [2.45, 2.75) is 32.4 Å². The molecule has 3 amide bonds. The highest BCUT2D eigenvalue weighted by Crippen LogP contribution is 2.29. The number of likely N-dealkylation sites (tertiary alicyclic amines) is 1. The number of urea groups is 1. The van der Waals surface area contributed by atoms with Crippen molar-refractivity contribution < 1.29 is 19.1 Å². The van der Waals surface area contributed by atoms with Crippen LogP contribution >= 0.6 is 0 Å². The molecule has 0 aromatic heterocycles. The number of ether oxygens (including phenoxy) is 2. The first-order valence-corrected chi connectivity index (χ1v) is 7.53. The Labute approximate surface area is 135 Å². The van der Waals surface area contributed by atoms with Gasteiger partial charge in [0.1, 0.15) is 11.5 Å². The summed E-state index contributed by atoms with van der Waals surface area (Å²) in [6.07, 6.45) is 0.325. The molecule has 1 aromatic carbocycles. The number of hydrogen-bond donors (Lipinski definition) is 2. The summed E-state index contributed by atoms with van der Waals surface area (Å²) in [5.41, 5.74) is 0.538. The van der Waals surface area contributed by atoms with E-state index in [1.165, 1.54) is 7.11 Å². The van der Waals surface area contributed by atoms with Crippen molar-refractivity contribution in [1.29, 1.82) is 0 Å². The Morgan fingerprint density at radius 3 is 2.61 bits per heavy atom. The first-order chi connectivity index (χ1) is 10.9. The van der Waals surface area contributed by atoms with E-state index in [0.717, 1.165) is 0 Å². The molecule has 1 fully saturated rings. The number of hydrogen-bond acceptors (Lipinski definition) is 4. The van der Waals surface area contributed by atoms with E-state index in [4.69, 9.17) is 9.47 Å². The van der Waals surface area contributed by atoms with Gasteiger partial charge in [0, 0.05) is 25.1 Å². The molecular formula is C16H23N3O4. The third-order valence-electron chi connectivity index (χ3n) is 3.77. The summed E-state index contributed by atoms with van der Waals surface area (Å²) in [6, 6.07) is 4.72. The van der Waals surface area contributed by atoms with Crippen molar-refractivity contribution >= 4 is 17.6 Å². The number of carbonyl (C=O) groups is 2. The maximum absolute atomic E-state index is 12.1. The molecular weight excluding hydrogens is 298 g/mol. The molecule has 1 aromatic rings. The van der Waals surface area contributed by atoms with Crippen LogP contribution in [-0.2, 0) is 4.79 Å². The lowest BCUT2D eigenvalue weighted by Gasteiger charge is -2.21. The predicted octanol–water partition coefficient (Wildman–Crippen LogP) is 1.83. The summed E-state index contributed by atoms with van der Waals surface area (Å²) >= 11 is 0. The first kappa shape index (κ1) is 16.9. The van der Waals surface area contributed by atoms with E-state index >= 15 is 0 Å². The molecule has 1 aliphatic rings. The van der Waals surface area contributed by atoms with Gasteiger partial charge < -0.3 is 25.0 Å². The van der Waals surface area contributed by atoms with Crippen molar-refractivity contribution in [2.75, 3.05) is 26.1 Å². The zero-order chi connectivity index (χ0) is 17.0. The molecule has 2 N–H and O–H groups in total. The van der Waals surface area contributed by atoms with E-state index in [1.54, 1.807) is 30.2 Å². The Bertz CT molecular complexity index is 589. The van der Waals surface area contributed by atoms with E-state index < -0.39 is 0 Å².